The van der Waals surface area contributed by atoms with Gasteiger partial charge in [0, 0.05) is 13.2 Å². The molecule has 0 saturated heterocycles. The zero-order valence-electron chi connectivity index (χ0n) is 12.4. The molecule has 110 valence electrons. The van der Waals surface area contributed by atoms with Gasteiger partial charge in [-0.1, -0.05) is 24.3 Å². The molecule has 0 radical (unpaired) electrons. The second kappa shape index (κ2) is 7.71. The molecule has 0 aliphatic carbocycles. The smallest absolute Gasteiger partial charge is 0.501 e. The van der Waals surface area contributed by atoms with E-state index in [0.717, 1.165) is 11.1 Å². The fourth-order valence-corrected chi connectivity index (χ4v) is 1.86. The van der Waals surface area contributed by atoms with Crippen LogP contribution in [-0.4, -0.2) is 20.5 Å². The van der Waals surface area contributed by atoms with Crippen LogP contribution in [0.15, 0.2) is 48.5 Å². The standard InChI is InChI=1S/C16H20BNO3/c1-13-5-3-7-15(11-13)20-17(19-10-9-18)21-16-8-4-6-14(2)12-16/h3-8,11-12H,9-10,18H2,1-2H3. The van der Waals surface area contributed by atoms with Crippen molar-refractivity contribution in [1.82, 2.24) is 0 Å². The van der Waals surface area contributed by atoms with Crippen LogP contribution in [0.1, 0.15) is 11.1 Å². The third-order valence-electron chi connectivity index (χ3n) is 2.82. The van der Waals surface area contributed by atoms with E-state index in [2.05, 4.69) is 0 Å². The third kappa shape index (κ3) is 5.13. The highest BCUT2D eigenvalue weighted by Gasteiger charge is 2.26. The summed E-state index contributed by atoms with van der Waals surface area (Å²) in [5.74, 6) is 1.40. The van der Waals surface area contributed by atoms with E-state index >= 15 is 0 Å². The number of hydrogen-bond donors (Lipinski definition) is 1. The van der Waals surface area contributed by atoms with Crippen molar-refractivity contribution in [2.75, 3.05) is 13.2 Å². The molecule has 0 aliphatic heterocycles. The highest BCUT2D eigenvalue weighted by Crippen LogP contribution is 2.17. The van der Waals surface area contributed by atoms with Gasteiger partial charge in [0.1, 0.15) is 11.5 Å². The van der Waals surface area contributed by atoms with Crippen LogP contribution >= 0.6 is 0 Å². The van der Waals surface area contributed by atoms with E-state index in [1.807, 2.05) is 62.4 Å². The summed E-state index contributed by atoms with van der Waals surface area (Å²) in [5, 5.41) is 0. The lowest BCUT2D eigenvalue weighted by Crippen LogP contribution is -2.35. The number of aryl methyl sites for hydroxylation is 2. The van der Waals surface area contributed by atoms with Crippen molar-refractivity contribution in [2.24, 2.45) is 5.73 Å². The van der Waals surface area contributed by atoms with Gasteiger partial charge in [0.05, 0.1) is 0 Å². The fraction of sp³-hybridized carbons (Fsp3) is 0.250. The normalized spacial score (nSPS) is 10.2. The maximum Gasteiger partial charge on any atom is 0.788 e. The molecule has 2 aromatic carbocycles. The summed E-state index contributed by atoms with van der Waals surface area (Å²) in [6, 6.07) is 15.5. The first kappa shape index (κ1) is 15.4. The highest BCUT2D eigenvalue weighted by atomic mass is 16.7. The Labute approximate surface area is 126 Å². The predicted octanol–water partition coefficient (Wildman–Crippen LogP) is 2.72. The van der Waals surface area contributed by atoms with Crippen molar-refractivity contribution in [3.05, 3.63) is 59.7 Å². The molecule has 0 fully saturated rings. The van der Waals surface area contributed by atoms with Gasteiger partial charge in [-0.05, 0) is 49.2 Å². The molecule has 0 heterocycles. The summed E-state index contributed by atoms with van der Waals surface area (Å²) < 4.78 is 17.0. The molecule has 0 amide bonds. The van der Waals surface area contributed by atoms with Gasteiger partial charge in [0.2, 0.25) is 0 Å². The molecule has 0 spiro atoms. The van der Waals surface area contributed by atoms with Crippen LogP contribution in [0.4, 0.5) is 0 Å². The van der Waals surface area contributed by atoms with Crippen LogP contribution < -0.4 is 15.0 Å². The molecule has 2 aromatic rings. The molecule has 0 saturated carbocycles. The summed E-state index contributed by atoms with van der Waals surface area (Å²) in [5.41, 5.74) is 7.70. The van der Waals surface area contributed by atoms with Crippen LogP contribution in [0.5, 0.6) is 11.5 Å². The van der Waals surface area contributed by atoms with Gasteiger partial charge in [-0.15, -0.1) is 0 Å². The monoisotopic (exact) mass is 285 g/mol. The van der Waals surface area contributed by atoms with E-state index in [0.29, 0.717) is 24.7 Å². The molecular weight excluding hydrogens is 265 g/mol. The number of benzene rings is 2. The van der Waals surface area contributed by atoms with Gasteiger partial charge >= 0.3 is 7.32 Å². The van der Waals surface area contributed by atoms with Crippen LogP contribution in [0.3, 0.4) is 0 Å². The zero-order chi connectivity index (χ0) is 15.1. The Hall–Kier alpha value is -1.98. The molecule has 4 nitrogen and oxygen atoms in total. The number of hydrogen-bond acceptors (Lipinski definition) is 4. The summed E-state index contributed by atoms with van der Waals surface area (Å²) in [4.78, 5) is 0. The number of rotatable bonds is 7. The Kier molecular flexibility index (Phi) is 5.66. The maximum absolute atomic E-state index is 5.74. The molecule has 0 bridgehead atoms. The molecule has 0 aromatic heterocycles. The van der Waals surface area contributed by atoms with Crippen molar-refractivity contribution in [3.8, 4) is 11.5 Å². The molecule has 0 unspecified atom stereocenters. The van der Waals surface area contributed by atoms with Gasteiger partial charge in [-0.3, -0.25) is 0 Å². The molecular formula is C16H20BNO3. The van der Waals surface area contributed by atoms with Crippen LogP contribution in [0, 0.1) is 13.8 Å². The molecule has 5 heteroatoms. The maximum atomic E-state index is 5.74. The van der Waals surface area contributed by atoms with Gasteiger partial charge in [0.15, 0.2) is 0 Å². The molecule has 2 N–H and O–H groups in total. The lowest BCUT2D eigenvalue weighted by atomic mass is 10.1. The Morgan fingerprint density at radius 1 is 0.905 bits per heavy atom. The van der Waals surface area contributed by atoms with Crippen molar-refractivity contribution >= 4 is 7.32 Å². The Morgan fingerprint density at radius 3 is 1.86 bits per heavy atom. The quantitative estimate of drug-likeness (QED) is 0.795. The SMILES string of the molecule is Cc1cccc(OB(OCCN)Oc2cccc(C)c2)c1. The minimum Gasteiger partial charge on any atom is -0.501 e. The average molecular weight is 285 g/mol. The van der Waals surface area contributed by atoms with E-state index < -0.39 is 7.32 Å². The first-order chi connectivity index (χ1) is 10.2. The summed E-state index contributed by atoms with van der Waals surface area (Å²) in [6.45, 7) is 4.78. The predicted molar refractivity (Wildman–Crippen MR) is 84.4 cm³/mol. The van der Waals surface area contributed by atoms with E-state index in [4.69, 9.17) is 19.7 Å². The molecule has 0 atom stereocenters. The second-order valence-electron chi connectivity index (χ2n) is 4.82. The Balaban J connectivity index is 2.06. The van der Waals surface area contributed by atoms with Crippen molar-refractivity contribution in [2.45, 2.75) is 13.8 Å². The minimum absolute atomic E-state index is 0.363. The van der Waals surface area contributed by atoms with E-state index in [9.17, 15) is 0 Å². The van der Waals surface area contributed by atoms with Crippen molar-refractivity contribution in [1.29, 1.82) is 0 Å². The van der Waals surface area contributed by atoms with E-state index in [1.54, 1.807) is 0 Å². The van der Waals surface area contributed by atoms with Crippen LogP contribution in [0.25, 0.3) is 0 Å². The first-order valence-corrected chi connectivity index (χ1v) is 6.96. The zero-order valence-corrected chi connectivity index (χ0v) is 12.4. The molecule has 2 rings (SSSR count). The van der Waals surface area contributed by atoms with E-state index in [-0.39, 0.29) is 0 Å². The second-order valence-corrected chi connectivity index (χ2v) is 4.82. The Morgan fingerprint density at radius 2 is 1.43 bits per heavy atom. The van der Waals surface area contributed by atoms with Gasteiger partial charge < -0.3 is 19.7 Å². The van der Waals surface area contributed by atoms with Gasteiger partial charge in [0.25, 0.3) is 0 Å². The summed E-state index contributed by atoms with van der Waals surface area (Å²) >= 11 is 0. The summed E-state index contributed by atoms with van der Waals surface area (Å²) in [6.07, 6.45) is 0. The van der Waals surface area contributed by atoms with Crippen molar-refractivity contribution in [3.63, 3.8) is 0 Å². The Bertz CT molecular complexity index is 529. The molecule has 0 aliphatic rings. The third-order valence-corrected chi connectivity index (χ3v) is 2.82. The topological polar surface area (TPSA) is 53.7 Å². The fourth-order valence-electron chi connectivity index (χ4n) is 1.86. The average Bonchev–Trinajstić information content (AvgIpc) is 2.45. The van der Waals surface area contributed by atoms with Gasteiger partial charge in [-0.2, -0.15) is 0 Å². The summed E-state index contributed by atoms with van der Waals surface area (Å²) in [7, 11) is -0.822. The lowest BCUT2D eigenvalue weighted by Gasteiger charge is -2.16. The van der Waals surface area contributed by atoms with E-state index in [1.165, 1.54) is 0 Å². The lowest BCUT2D eigenvalue weighted by molar-refractivity contribution is 0.206. The van der Waals surface area contributed by atoms with Crippen LogP contribution in [0.2, 0.25) is 0 Å². The highest BCUT2D eigenvalue weighted by molar-refractivity contribution is 6.38. The number of nitrogens with two attached hydrogens (primary N) is 1. The van der Waals surface area contributed by atoms with Crippen LogP contribution in [-0.2, 0) is 4.65 Å². The molecule has 21 heavy (non-hydrogen) atoms. The first-order valence-electron chi connectivity index (χ1n) is 6.96. The largest absolute Gasteiger partial charge is 0.788 e. The minimum atomic E-state index is -0.822. The van der Waals surface area contributed by atoms with Crippen molar-refractivity contribution < 1.29 is 14.0 Å². The van der Waals surface area contributed by atoms with Gasteiger partial charge in [-0.25, -0.2) is 0 Å².